The summed E-state index contributed by atoms with van der Waals surface area (Å²) in [4.78, 5) is 0. The smallest absolute Gasteiger partial charge is 0.238 e. The fourth-order valence-electron chi connectivity index (χ4n) is 0.551. The van der Waals surface area contributed by atoms with Crippen molar-refractivity contribution in [1.29, 1.82) is 0 Å². The van der Waals surface area contributed by atoms with Gasteiger partial charge in [-0.1, -0.05) is 0 Å². The normalized spacial score (nSPS) is 15.9. The summed E-state index contributed by atoms with van der Waals surface area (Å²) in [6.45, 7) is -0.0979. The molecule has 0 amide bonds. The summed E-state index contributed by atoms with van der Waals surface area (Å²) in [5.74, 6) is -12.2. The van der Waals surface area contributed by atoms with Crippen LogP contribution in [0.15, 0.2) is 0 Å². The summed E-state index contributed by atoms with van der Waals surface area (Å²) in [6.07, 6.45) is -6.49. The third kappa shape index (κ3) is 1.78. The number of halogens is 8. The molecule has 8 heteroatoms. The van der Waals surface area contributed by atoms with E-state index in [2.05, 4.69) is 0 Å². The first kappa shape index (κ1) is 13.4. The van der Waals surface area contributed by atoms with Crippen molar-refractivity contribution in [3.05, 3.63) is 0 Å². The predicted octanol–water partition coefficient (Wildman–Crippen LogP) is 3.57. The molecule has 0 aromatic heterocycles. The SMILES string of the molecule is CC(C)(F)C(F)(F)C(F)(F)C(F)(F)F. The van der Waals surface area contributed by atoms with Crippen LogP contribution in [0, 0.1) is 0 Å². The van der Waals surface area contributed by atoms with Crippen LogP contribution < -0.4 is 0 Å². The molecule has 0 unspecified atom stereocenters. The van der Waals surface area contributed by atoms with Gasteiger partial charge in [0.25, 0.3) is 0 Å². The van der Waals surface area contributed by atoms with Gasteiger partial charge >= 0.3 is 18.0 Å². The molecule has 0 aromatic carbocycles. The van der Waals surface area contributed by atoms with Crippen LogP contribution in [0.2, 0.25) is 0 Å². The van der Waals surface area contributed by atoms with E-state index < -0.39 is 23.7 Å². The van der Waals surface area contributed by atoms with Crippen LogP contribution in [0.3, 0.4) is 0 Å². The average Bonchev–Trinajstić information content (AvgIpc) is 1.81. The second kappa shape index (κ2) is 2.96. The maximum Gasteiger partial charge on any atom is 0.460 e. The Bertz CT molecular complexity index is 183. The molecule has 0 aromatic rings. The van der Waals surface area contributed by atoms with Gasteiger partial charge < -0.3 is 0 Å². The Balaban J connectivity index is 5.30. The van der Waals surface area contributed by atoms with Crippen molar-refractivity contribution in [2.75, 3.05) is 0 Å². The minimum Gasteiger partial charge on any atom is -0.238 e. The lowest BCUT2D eigenvalue weighted by atomic mass is 9.96. The second-order valence-electron chi connectivity index (χ2n) is 3.12. The van der Waals surface area contributed by atoms with Crippen molar-refractivity contribution in [2.24, 2.45) is 0 Å². The van der Waals surface area contributed by atoms with Crippen LogP contribution in [0.1, 0.15) is 13.8 Å². The Hall–Kier alpha value is -0.560. The summed E-state index contributed by atoms with van der Waals surface area (Å²) in [5.41, 5.74) is -3.97. The van der Waals surface area contributed by atoms with Gasteiger partial charge in [0.1, 0.15) is 0 Å². The lowest BCUT2D eigenvalue weighted by molar-refractivity contribution is -0.376. The van der Waals surface area contributed by atoms with Crippen molar-refractivity contribution < 1.29 is 35.1 Å². The van der Waals surface area contributed by atoms with E-state index >= 15 is 0 Å². The zero-order valence-corrected chi connectivity index (χ0v) is 7.02. The number of hydrogen-bond donors (Lipinski definition) is 0. The van der Waals surface area contributed by atoms with Gasteiger partial charge in [0.05, 0.1) is 0 Å². The van der Waals surface area contributed by atoms with E-state index in [0.29, 0.717) is 0 Å². The zero-order valence-electron chi connectivity index (χ0n) is 7.02. The molecule has 0 fully saturated rings. The Labute approximate surface area is 73.9 Å². The third-order valence-corrected chi connectivity index (χ3v) is 1.50. The first-order chi connectivity index (χ1) is 5.75. The van der Waals surface area contributed by atoms with Gasteiger partial charge in [-0.05, 0) is 13.8 Å². The summed E-state index contributed by atoms with van der Waals surface area (Å²) < 4.78 is 95.7. The van der Waals surface area contributed by atoms with Crippen LogP contribution in [0.4, 0.5) is 35.1 Å². The Morgan fingerprint density at radius 2 is 0.857 bits per heavy atom. The van der Waals surface area contributed by atoms with Gasteiger partial charge in [-0.2, -0.15) is 30.7 Å². The predicted molar refractivity (Wildman–Crippen MR) is 31.1 cm³/mol. The quantitative estimate of drug-likeness (QED) is 0.636. The fraction of sp³-hybridized carbons (Fsp3) is 1.00. The molecule has 86 valence electrons. The van der Waals surface area contributed by atoms with Crippen molar-refractivity contribution in [2.45, 2.75) is 37.5 Å². The van der Waals surface area contributed by atoms with Crippen molar-refractivity contribution in [3.8, 4) is 0 Å². The van der Waals surface area contributed by atoms with Crippen LogP contribution >= 0.6 is 0 Å². The molecule has 0 bridgehead atoms. The van der Waals surface area contributed by atoms with E-state index in [1.54, 1.807) is 0 Å². The van der Waals surface area contributed by atoms with Crippen LogP contribution in [-0.4, -0.2) is 23.7 Å². The molecule has 0 rings (SSSR count). The van der Waals surface area contributed by atoms with Gasteiger partial charge in [-0.25, -0.2) is 4.39 Å². The molecule has 0 aliphatic carbocycles. The van der Waals surface area contributed by atoms with Gasteiger partial charge in [-0.3, -0.25) is 0 Å². The Kier molecular flexibility index (Phi) is 2.84. The third-order valence-electron chi connectivity index (χ3n) is 1.50. The van der Waals surface area contributed by atoms with Crippen LogP contribution in [0.25, 0.3) is 0 Å². The van der Waals surface area contributed by atoms with E-state index in [9.17, 15) is 35.1 Å². The molecule has 0 saturated carbocycles. The first-order valence-electron chi connectivity index (χ1n) is 3.26. The summed E-state index contributed by atoms with van der Waals surface area (Å²) >= 11 is 0. The average molecular weight is 230 g/mol. The highest BCUT2D eigenvalue weighted by molar-refractivity contribution is 5.00. The van der Waals surface area contributed by atoms with E-state index in [1.165, 1.54) is 0 Å². The molecule has 0 spiro atoms. The first-order valence-corrected chi connectivity index (χ1v) is 3.26. The van der Waals surface area contributed by atoms with Gasteiger partial charge in [0, 0.05) is 0 Å². The highest BCUT2D eigenvalue weighted by Crippen LogP contribution is 2.52. The Morgan fingerprint density at radius 1 is 0.571 bits per heavy atom. The van der Waals surface area contributed by atoms with E-state index in [1.807, 2.05) is 0 Å². The van der Waals surface area contributed by atoms with Crippen molar-refractivity contribution in [1.82, 2.24) is 0 Å². The summed E-state index contributed by atoms with van der Waals surface area (Å²) in [6, 6.07) is 0. The van der Waals surface area contributed by atoms with Crippen molar-refractivity contribution in [3.63, 3.8) is 0 Å². The van der Waals surface area contributed by atoms with Gasteiger partial charge in [0.15, 0.2) is 5.67 Å². The molecule has 14 heavy (non-hydrogen) atoms. The molecule has 0 aliphatic heterocycles. The number of rotatable bonds is 2. The minimum atomic E-state index is -6.49. The lowest BCUT2D eigenvalue weighted by Gasteiger charge is -2.34. The standard InChI is InChI=1S/C6H6F8/c1-3(2,7)4(8,9)5(10,11)6(12,13)14/h1-2H3. The van der Waals surface area contributed by atoms with E-state index in [-0.39, 0.29) is 13.8 Å². The van der Waals surface area contributed by atoms with Gasteiger partial charge in [-0.15, -0.1) is 0 Å². The van der Waals surface area contributed by atoms with Crippen LogP contribution in [-0.2, 0) is 0 Å². The molecule has 0 radical (unpaired) electrons. The maximum absolute atomic E-state index is 12.5. The van der Waals surface area contributed by atoms with Crippen LogP contribution in [0.5, 0.6) is 0 Å². The fourth-order valence-corrected chi connectivity index (χ4v) is 0.551. The molecular weight excluding hydrogens is 224 g/mol. The van der Waals surface area contributed by atoms with Gasteiger partial charge in [0.2, 0.25) is 0 Å². The summed E-state index contributed by atoms with van der Waals surface area (Å²) in [5, 5.41) is 0. The lowest BCUT2D eigenvalue weighted by Crippen LogP contribution is -2.60. The second-order valence-corrected chi connectivity index (χ2v) is 3.12. The van der Waals surface area contributed by atoms with E-state index in [0.717, 1.165) is 0 Å². The molecule has 0 heterocycles. The minimum absolute atomic E-state index is 0.0490. The molecule has 0 nitrogen and oxygen atoms in total. The monoisotopic (exact) mass is 230 g/mol. The van der Waals surface area contributed by atoms with Crippen molar-refractivity contribution >= 4 is 0 Å². The number of hydrogen-bond acceptors (Lipinski definition) is 0. The molecule has 0 saturated heterocycles. The van der Waals surface area contributed by atoms with E-state index in [4.69, 9.17) is 0 Å². The molecular formula is C6H6F8. The molecule has 0 atom stereocenters. The zero-order chi connectivity index (χ0) is 12.0. The molecule has 0 N–H and O–H groups in total. The highest BCUT2D eigenvalue weighted by atomic mass is 19.4. The highest BCUT2D eigenvalue weighted by Gasteiger charge is 2.78. The molecule has 0 aliphatic rings. The largest absolute Gasteiger partial charge is 0.460 e. The topological polar surface area (TPSA) is 0 Å². The Morgan fingerprint density at radius 3 is 0.929 bits per heavy atom. The summed E-state index contributed by atoms with van der Waals surface area (Å²) in [7, 11) is 0. The number of alkyl halides is 8. The maximum atomic E-state index is 12.5.